The van der Waals surface area contributed by atoms with Gasteiger partial charge in [0.15, 0.2) is 0 Å². The van der Waals surface area contributed by atoms with E-state index in [1.807, 2.05) is 0 Å². The summed E-state index contributed by atoms with van der Waals surface area (Å²) in [7, 11) is 0. The topological polar surface area (TPSA) is 15.8 Å². The van der Waals surface area contributed by atoms with Crippen molar-refractivity contribution in [1.29, 1.82) is 0 Å². The third-order valence-electron chi connectivity index (χ3n) is 4.30. The fourth-order valence-corrected chi connectivity index (χ4v) is 9.05. The van der Waals surface area contributed by atoms with Crippen LogP contribution in [0.1, 0.15) is 13.8 Å². The van der Waals surface area contributed by atoms with Crippen molar-refractivity contribution in [3.05, 3.63) is 42.1 Å². The number of hydrogen-bond acceptors (Lipinski definition) is 0. The number of H-pyrrole nitrogens is 1. The summed E-state index contributed by atoms with van der Waals surface area (Å²) in [5.74, 6) is 0. The molecule has 0 saturated carbocycles. The molecule has 1 aliphatic rings. The van der Waals surface area contributed by atoms with Crippen molar-refractivity contribution in [2.24, 2.45) is 0 Å². The number of hydrogen-bond donors (Lipinski definition) is 1. The standard InChI is InChI=1S/C7H9.C4H4N.4CH3.Ru/c1-6-3-4-7(2)5-6;1-2-4-5-3-1;;;;;/h3-5H,1-2H3;1-3,5H;4*1H3;. The van der Waals surface area contributed by atoms with E-state index in [2.05, 4.69) is 77.5 Å². The van der Waals surface area contributed by atoms with Crippen LogP contribution in [0.25, 0.3) is 0 Å². The van der Waals surface area contributed by atoms with E-state index < -0.39 is 12.4 Å². The van der Waals surface area contributed by atoms with Crippen molar-refractivity contribution < 1.29 is 12.4 Å². The number of aromatic nitrogens is 1. The van der Waals surface area contributed by atoms with Crippen LogP contribution in [0.15, 0.2) is 42.1 Å². The second-order valence-electron chi connectivity index (χ2n) is 6.98. The summed E-state index contributed by atoms with van der Waals surface area (Å²) in [6.45, 7) is 4.58. The van der Waals surface area contributed by atoms with E-state index in [0.29, 0.717) is 0 Å². The maximum atomic E-state index is 3.49. The molecule has 0 fully saturated rings. The summed E-state index contributed by atoms with van der Waals surface area (Å²) in [4.78, 5) is 3.49. The number of rotatable bonds is 2. The van der Waals surface area contributed by atoms with Crippen molar-refractivity contribution in [1.82, 2.24) is 4.98 Å². The molecule has 17 heavy (non-hydrogen) atoms. The van der Waals surface area contributed by atoms with Gasteiger partial charge < -0.3 is 0 Å². The first-order chi connectivity index (χ1) is 7.49. The van der Waals surface area contributed by atoms with Gasteiger partial charge in [-0.05, 0) is 0 Å². The quantitative estimate of drug-likeness (QED) is 0.757. The molecule has 98 valence electrons. The summed E-state index contributed by atoms with van der Waals surface area (Å²) in [5, 5.41) is 0. The van der Waals surface area contributed by atoms with Crippen LogP contribution in [0, 0.1) is 0 Å². The van der Waals surface area contributed by atoms with E-state index in [9.17, 15) is 0 Å². The Morgan fingerprint density at radius 1 is 1.18 bits per heavy atom. The molecule has 0 aromatic carbocycles. The van der Waals surface area contributed by atoms with Crippen molar-refractivity contribution in [2.45, 2.75) is 39.9 Å². The van der Waals surface area contributed by atoms with Crippen LogP contribution in [0.2, 0.25) is 26.1 Å². The van der Waals surface area contributed by atoms with Crippen molar-refractivity contribution >= 4 is 4.29 Å². The molecule has 0 bridgehead atoms. The minimum atomic E-state index is -3.18. The van der Waals surface area contributed by atoms with E-state index in [1.165, 1.54) is 9.86 Å². The SMILES string of the molecule is CC1=C[C](C)([Ru]([CH3])([CH3])([CH3])([CH3])[c]2ccc[nH]2)C=C1. The molecule has 1 aromatic rings. The Labute approximate surface area is 104 Å². The van der Waals surface area contributed by atoms with Crippen molar-refractivity contribution in [2.75, 3.05) is 0 Å². The molecular formula is C15H25NRu. The van der Waals surface area contributed by atoms with Gasteiger partial charge in [0.1, 0.15) is 0 Å². The fourth-order valence-electron chi connectivity index (χ4n) is 2.33. The molecule has 0 aliphatic heterocycles. The van der Waals surface area contributed by atoms with E-state index in [4.69, 9.17) is 0 Å². The van der Waals surface area contributed by atoms with Crippen LogP contribution in [0.4, 0.5) is 0 Å². The van der Waals surface area contributed by atoms with Crippen molar-refractivity contribution in [3.63, 3.8) is 0 Å². The molecule has 2 heteroatoms. The van der Waals surface area contributed by atoms with Gasteiger partial charge in [0, 0.05) is 0 Å². The average molecular weight is 320 g/mol. The number of allylic oxidation sites excluding steroid dienone is 4. The van der Waals surface area contributed by atoms with Crippen molar-refractivity contribution in [3.8, 4) is 0 Å². The Morgan fingerprint density at radius 3 is 2.24 bits per heavy atom. The Kier molecular flexibility index (Phi) is 2.16. The summed E-state index contributed by atoms with van der Waals surface area (Å²) >= 11 is -3.18. The van der Waals surface area contributed by atoms with E-state index >= 15 is 0 Å². The van der Waals surface area contributed by atoms with Gasteiger partial charge in [-0.2, -0.15) is 0 Å². The van der Waals surface area contributed by atoms with Crippen LogP contribution in [-0.2, 0) is 12.4 Å². The Bertz CT molecular complexity index is 510. The summed E-state index contributed by atoms with van der Waals surface area (Å²) in [5.41, 5.74) is 11.4. The van der Waals surface area contributed by atoms with Crippen LogP contribution < -0.4 is 4.29 Å². The summed E-state index contributed by atoms with van der Waals surface area (Å²) < 4.78 is 1.60. The average Bonchev–Trinajstić information content (AvgIpc) is 2.73. The molecule has 1 N–H and O–H groups in total. The maximum absolute atomic E-state index is 3.49. The molecule has 0 spiro atoms. The zero-order valence-electron chi connectivity index (χ0n) is 11.8. The van der Waals surface area contributed by atoms with Crippen LogP contribution in [0.3, 0.4) is 0 Å². The number of nitrogens with one attached hydrogen (secondary N) is 1. The summed E-state index contributed by atoms with van der Waals surface area (Å²) in [6.07, 6.45) is 9.17. The molecule has 1 nitrogen and oxygen atoms in total. The zero-order valence-corrected chi connectivity index (χ0v) is 13.6. The molecular weight excluding hydrogens is 295 g/mol. The normalized spacial score (nSPS) is 28.7. The summed E-state index contributed by atoms with van der Waals surface area (Å²) in [6, 6.07) is 4.38. The molecule has 1 heterocycles. The van der Waals surface area contributed by atoms with E-state index in [1.54, 1.807) is 0 Å². The van der Waals surface area contributed by atoms with E-state index in [0.717, 1.165) is 0 Å². The first-order valence-corrected chi connectivity index (χ1v) is 14.4. The van der Waals surface area contributed by atoms with Gasteiger partial charge in [-0.25, -0.2) is 0 Å². The molecule has 2 rings (SSSR count). The molecule has 0 amide bonds. The fraction of sp³-hybridized carbons (Fsp3) is 0.467. The van der Waals surface area contributed by atoms with Gasteiger partial charge in [-0.15, -0.1) is 0 Å². The van der Waals surface area contributed by atoms with Gasteiger partial charge in [0.25, 0.3) is 0 Å². The molecule has 0 saturated heterocycles. The van der Waals surface area contributed by atoms with E-state index in [-0.39, 0.29) is 4.01 Å². The van der Waals surface area contributed by atoms with Crippen LogP contribution in [0.5, 0.6) is 0 Å². The van der Waals surface area contributed by atoms with Gasteiger partial charge >= 0.3 is 104 Å². The Balaban J connectivity index is 2.75. The predicted molar refractivity (Wildman–Crippen MR) is 75.1 cm³/mol. The third kappa shape index (κ3) is 1.53. The zero-order chi connectivity index (χ0) is 13.0. The molecule has 0 radical (unpaired) electrons. The third-order valence-corrected chi connectivity index (χ3v) is 18.0. The Hall–Kier alpha value is -0.617. The molecule has 1 atom stereocenters. The second kappa shape index (κ2) is 2.86. The minimum absolute atomic E-state index is 0.164. The van der Waals surface area contributed by atoms with Gasteiger partial charge in [-0.1, -0.05) is 0 Å². The number of aromatic amines is 1. The van der Waals surface area contributed by atoms with Gasteiger partial charge in [0.2, 0.25) is 0 Å². The van der Waals surface area contributed by atoms with Crippen LogP contribution in [-0.4, -0.2) is 4.98 Å². The molecule has 1 aliphatic carbocycles. The predicted octanol–water partition coefficient (Wildman–Crippen LogP) is 4.75. The monoisotopic (exact) mass is 321 g/mol. The second-order valence-corrected chi connectivity index (χ2v) is 27.6. The van der Waals surface area contributed by atoms with Crippen LogP contribution >= 0.6 is 0 Å². The molecule has 1 unspecified atom stereocenters. The first kappa shape index (κ1) is 12.8. The first-order valence-electron chi connectivity index (χ1n) is 5.75. The van der Waals surface area contributed by atoms with Gasteiger partial charge in [0.05, 0.1) is 0 Å². The Morgan fingerprint density at radius 2 is 1.82 bits per heavy atom. The van der Waals surface area contributed by atoms with Gasteiger partial charge in [-0.3, -0.25) is 0 Å². The molecule has 1 aromatic heterocycles.